The first-order valence-corrected chi connectivity index (χ1v) is 6.21. The molecule has 0 aromatic heterocycles. The molecule has 1 aliphatic rings. The van der Waals surface area contributed by atoms with Crippen LogP contribution in [0.5, 0.6) is 0 Å². The van der Waals surface area contributed by atoms with E-state index in [-0.39, 0.29) is 0 Å². The molecule has 1 fully saturated rings. The van der Waals surface area contributed by atoms with Crippen molar-refractivity contribution in [1.29, 1.82) is 0 Å². The van der Waals surface area contributed by atoms with Crippen molar-refractivity contribution in [2.75, 3.05) is 6.61 Å². The molecule has 5 N–H and O–H groups in total. The largest absolute Gasteiger partial charge is 0.394 e. The molecule has 7 heteroatoms. The van der Waals surface area contributed by atoms with Crippen molar-refractivity contribution in [3.05, 3.63) is 35.9 Å². The van der Waals surface area contributed by atoms with Crippen LogP contribution >= 0.6 is 0 Å². The van der Waals surface area contributed by atoms with E-state index in [9.17, 15) is 25.2 Å². The van der Waals surface area contributed by atoms with E-state index in [2.05, 4.69) is 5.32 Å². The van der Waals surface area contributed by atoms with E-state index < -0.39 is 43.2 Å². The van der Waals surface area contributed by atoms with Crippen molar-refractivity contribution in [3.8, 4) is 0 Å². The summed E-state index contributed by atoms with van der Waals surface area (Å²) in [7, 11) is 0. The molecule has 1 heterocycles. The monoisotopic (exact) mass is 283 g/mol. The van der Waals surface area contributed by atoms with Crippen molar-refractivity contribution in [2.45, 2.75) is 30.6 Å². The zero-order valence-electron chi connectivity index (χ0n) is 10.6. The summed E-state index contributed by atoms with van der Waals surface area (Å²) in [6, 6.07) is 7.28. The number of benzene rings is 1. The van der Waals surface area contributed by atoms with Gasteiger partial charge in [0, 0.05) is 5.56 Å². The lowest BCUT2D eigenvalue weighted by atomic mass is 9.96. The lowest BCUT2D eigenvalue weighted by Gasteiger charge is -2.40. The Bertz CT molecular complexity index is 451. The first-order valence-electron chi connectivity index (χ1n) is 6.21. The van der Waals surface area contributed by atoms with Gasteiger partial charge < -0.3 is 30.5 Å². The Morgan fingerprint density at radius 1 is 1.15 bits per heavy atom. The van der Waals surface area contributed by atoms with Crippen molar-refractivity contribution in [2.24, 2.45) is 0 Å². The van der Waals surface area contributed by atoms with Crippen LogP contribution in [0.25, 0.3) is 0 Å². The second-order valence-electron chi connectivity index (χ2n) is 4.59. The number of rotatable bonds is 3. The average molecular weight is 283 g/mol. The second-order valence-corrected chi connectivity index (χ2v) is 4.59. The smallest absolute Gasteiger partial charge is 0.251 e. The lowest BCUT2D eigenvalue weighted by molar-refractivity contribution is -0.261. The number of ether oxygens (including phenoxy) is 1. The maximum Gasteiger partial charge on any atom is 0.251 e. The highest BCUT2D eigenvalue weighted by Gasteiger charge is 2.44. The summed E-state index contributed by atoms with van der Waals surface area (Å²) in [6.45, 7) is -0.513. The number of aliphatic hydroxyl groups is 4. The summed E-state index contributed by atoms with van der Waals surface area (Å²) < 4.78 is 4.95. The fourth-order valence-electron chi connectivity index (χ4n) is 2.10. The van der Waals surface area contributed by atoms with Crippen molar-refractivity contribution >= 4 is 5.91 Å². The van der Waals surface area contributed by atoms with Crippen LogP contribution in [0, 0.1) is 0 Å². The second kappa shape index (κ2) is 6.29. The number of nitrogens with one attached hydrogen (secondary N) is 1. The van der Waals surface area contributed by atoms with Gasteiger partial charge >= 0.3 is 0 Å². The van der Waals surface area contributed by atoms with E-state index in [4.69, 9.17) is 4.74 Å². The van der Waals surface area contributed by atoms with E-state index in [1.807, 2.05) is 0 Å². The Morgan fingerprint density at radius 3 is 2.40 bits per heavy atom. The minimum absolute atomic E-state index is 0.372. The third-order valence-electron chi connectivity index (χ3n) is 3.24. The third-order valence-corrected chi connectivity index (χ3v) is 3.24. The molecule has 0 aliphatic carbocycles. The number of carbonyl (C=O) groups is 1. The molecule has 1 saturated heterocycles. The minimum atomic E-state index is -1.60. The number of amides is 1. The molecular formula is C13H17NO6. The molecule has 1 unspecified atom stereocenters. The van der Waals surface area contributed by atoms with Crippen LogP contribution in [-0.4, -0.2) is 63.6 Å². The molecule has 110 valence electrons. The fourth-order valence-corrected chi connectivity index (χ4v) is 2.10. The standard InChI is InChI=1S/C13H17NO6/c15-6-8-9(10(16)11(17)13(19)20-8)14-12(18)7-4-2-1-3-5-7/h1-5,8-11,13,15-17,19H,6H2,(H,14,18)/t8-,9-,10+,11-,13?/m1/s1. The molecule has 2 rings (SSSR count). The van der Waals surface area contributed by atoms with Gasteiger partial charge in [-0.2, -0.15) is 0 Å². The summed E-state index contributed by atoms with van der Waals surface area (Å²) in [5.74, 6) is -0.472. The predicted octanol–water partition coefficient (Wildman–Crippen LogP) is -1.78. The normalized spacial score (nSPS) is 33.7. The number of hydrogen-bond donors (Lipinski definition) is 5. The van der Waals surface area contributed by atoms with Gasteiger partial charge in [-0.25, -0.2) is 0 Å². The van der Waals surface area contributed by atoms with E-state index in [0.717, 1.165) is 0 Å². The van der Waals surface area contributed by atoms with Crippen molar-refractivity contribution in [1.82, 2.24) is 5.32 Å². The van der Waals surface area contributed by atoms with Crippen LogP contribution in [0.3, 0.4) is 0 Å². The summed E-state index contributed by atoms with van der Waals surface area (Å²) in [5, 5.41) is 40.5. The highest BCUT2D eigenvalue weighted by atomic mass is 16.6. The Hall–Kier alpha value is -1.51. The molecule has 1 aromatic carbocycles. The van der Waals surface area contributed by atoms with Gasteiger partial charge in [-0.1, -0.05) is 18.2 Å². The van der Waals surface area contributed by atoms with Gasteiger partial charge in [0.1, 0.15) is 18.3 Å². The number of carbonyl (C=O) groups excluding carboxylic acids is 1. The highest BCUT2D eigenvalue weighted by Crippen LogP contribution is 2.20. The average Bonchev–Trinajstić information content (AvgIpc) is 2.48. The zero-order chi connectivity index (χ0) is 14.7. The molecule has 1 aliphatic heterocycles. The quantitative estimate of drug-likeness (QED) is 0.447. The Kier molecular flexibility index (Phi) is 4.69. The first-order chi connectivity index (χ1) is 9.54. The van der Waals surface area contributed by atoms with Gasteiger partial charge in [0.05, 0.1) is 12.6 Å². The van der Waals surface area contributed by atoms with Gasteiger partial charge in [-0.3, -0.25) is 4.79 Å². The van der Waals surface area contributed by atoms with Crippen molar-refractivity contribution < 1.29 is 30.0 Å². The Labute approximate surface area is 115 Å². The molecule has 0 saturated carbocycles. The van der Waals surface area contributed by atoms with Crippen molar-refractivity contribution in [3.63, 3.8) is 0 Å². The zero-order valence-corrected chi connectivity index (χ0v) is 10.6. The first kappa shape index (κ1) is 14.9. The van der Waals surface area contributed by atoms with Crippen LogP contribution in [0.2, 0.25) is 0 Å². The van der Waals surface area contributed by atoms with Gasteiger partial charge in [-0.15, -0.1) is 0 Å². The SMILES string of the molecule is O=C(N[C@H]1[C@H](O)[C@@H](O)C(O)O[C@@H]1CO)c1ccccc1. The lowest BCUT2D eigenvalue weighted by Crippen LogP contribution is -2.64. The van der Waals surface area contributed by atoms with Crippen LogP contribution in [0.1, 0.15) is 10.4 Å². The molecule has 1 aromatic rings. The van der Waals surface area contributed by atoms with Crippen LogP contribution < -0.4 is 5.32 Å². The van der Waals surface area contributed by atoms with Gasteiger partial charge in [0.15, 0.2) is 6.29 Å². The third kappa shape index (κ3) is 2.97. The molecule has 7 nitrogen and oxygen atoms in total. The van der Waals surface area contributed by atoms with Crippen LogP contribution in [-0.2, 0) is 4.74 Å². The van der Waals surface area contributed by atoms with Crippen LogP contribution in [0.15, 0.2) is 30.3 Å². The van der Waals surface area contributed by atoms with E-state index in [0.29, 0.717) is 5.56 Å². The summed E-state index contributed by atoms with van der Waals surface area (Å²) in [5.41, 5.74) is 0.372. The summed E-state index contributed by atoms with van der Waals surface area (Å²) in [6.07, 6.45) is -5.61. The highest BCUT2D eigenvalue weighted by molar-refractivity contribution is 5.94. The number of hydrogen-bond acceptors (Lipinski definition) is 6. The van der Waals surface area contributed by atoms with Gasteiger partial charge in [0.25, 0.3) is 5.91 Å². The fraction of sp³-hybridized carbons (Fsp3) is 0.462. The molecule has 0 radical (unpaired) electrons. The predicted molar refractivity (Wildman–Crippen MR) is 67.7 cm³/mol. The summed E-state index contributed by atoms with van der Waals surface area (Å²) in [4.78, 5) is 12.0. The molecule has 5 atom stereocenters. The number of aliphatic hydroxyl groups excluding tert-OH is 4. The molecule has 20 heavy (non-hydrogen) atoms. The Balaban J connectivity index is 2.11. The molecule has 1 amide bonds. The maximum atomic E-state index is 12.0. The summed E-state index contributed by atoms with van der Waals surface area (Å²) >= 11 is 0. The van der Waals surface area contributed by atoms with E-state index in [1.165, 1.54) is 0 Å². The molecular weight excluding hydrogens is 266 g/mol. The van der Waals surface area contributed by atoms with E-state index in [1.54, 1.807) is 30.3 Å². The topological polar surface area (TPSA) is 119 Å². The Morgan fingerprint density at radius 2 is 1.80 bits per heavy atom. The molecule has 0 spiro atoms. The maximum absolute atomic E-state index is 12.0. The van der Waals surface area contributed by atoms with Gasteiger partial charge in [0.2, 0.25) is 0 Å². The minimum Gasteiger partial charge on any atom is -0.394 e. The molecule has 0 bridgehead atoms. The van der Waals surface area contributed by atoms with Crippen LogP contribution in [0.4, 0.5) is 0 Å². The van der Waals surface area contributed by atoms with Gasteiger partial charge in [-0.05, 0) is 12.1 Å². The van der Waals surface area contributed by atoms with E-state index >= 15 is 0 Å².